The van der Waals surface area contributed by atoms with Crippen LogP contribution >= 0.6 is 0 Å². The Morgan fingerprint density at radius 2 is 1.67 bits per heavy atom. The van der Waals surface area contributed by atoms with E-state index in [4.69, 9.17) is 0 Å². The number of carbonyl (C=O) groups excluding carboxylic acids is 3. The average Bonchev–Trinajstić information content (AvgIpc) is 2.89. The predicted octanol–water partition coefficient (Wildman–Crippen LogP) is 5.25. The SMILES string of the molecule is CC(=O)N1C=Cc2ccccc2C1CC(=O)N1c2ccccc2CCC1C(=O)Nc1ccc(C)cc1. The predicted molar refractivity (Wildman–Crippen MR) is 141 cm³/mol. The minimum atomic E-state index is -0.645. The van der Waals surface area contributed by atoms with E-state index in [0.29, 0.717) is 18.5 Å². The van der Waals surface area contributed by atoms with Crippen LogP contribution in [0.3, 0.4) is 0 Å². The van der Waals surface area contributed by atoms with Crippen molar-refractivity contribution >= 4 is 35.2 Å². The van der Waals surface area contributed by atoms with E-state index in [1.807, 2.05) is 85.8 Å². The maximum Gasteiger partial charge on any atom is 0.247 e. The summed E-state index contributed by atoms with van der Waals surface area (Å²) in [5, 5.41) is 2.99. The van der Waals surface area contributed by atoms with Gasteiger partial charge in [0.2, 0.25) is 17.7 Å². The lowest BCUT2D eigenvalue weighted by atomic mass is 9.91. The monoisotopic (exact) mass is 479 g/mol. The molecule has 2 aliphatic heterocycles. The van der Waals surface area contributed by atoms with E-state index < -0.39 is 12.1 Å². The summed E-state index contributed by atoms with van der Waals surface area (Å²) in [6.07, 6.45) is 4.95. The summed E-state index contributed by atoms with van der Waals surface area (Å²) in [5.74, 6) is -0.534. The smallest absolute Gasteiger partial charge is 0.247 e. The first-order valence-electron chi connectivity index (χ1n) is 12.3. The summed E-state index contributed by atoms with van der Waals surface area (Å²) in [7, 11) is 0. The molecule has 6 nitrogen and oxygen atoms in total. The molecular weight excluding hydrogens is 450 g/mol. The van der Waals surface area contributed by atoms with Crippen molar-refractivity contribution in [1.29, 1.82) is 0 Å². The van der Waals surface area contributed by atoms with Crippen LogP contribution in [0.2, 0.25) is 0 Å². The molecule has 0 saturated heterocycles. The molecule has 0 aromatic heterocycles. The lowest BCUT2D eigenvalue weighted by Crippen LogP contribution is -2.51. The zero-order chi connectivity index (χ0) is 25.2. The van der Waals surface area contributed by atoms with Gasteiger partial charge in [0.1, 0.15) is 6.04 Å². The number of amides is 3. The standard InChI is InChI=1S/C30H29N3O3/c1-20-11-14-24(15-12-20)31-30(36)27-16-13-23-8-4-6-10-26(23)33(27)29(35)19-28-25-9-5-3-7-22(25)17-18-32(28)21(2)34/h3-12,14-15,17-18,27-28H,13,16,19H2,1-2H3,(H,31,36). The van der Waals surface area contributed by atoms with E-state index in [1.54, 1.807) is 16.0 Å². The lowest BCUT2D eigenvalue weighted by Gasteiger charge is -2.39. The van der Waals surface area contributed by atoms with E-state index in [1.165, 1.54) is 6.92 Å². The maximum absolute atomic E-state index is 14.0. The highest BCUT2D eigenvalue weighted by atomic mass is 16.2. The largest absolute Gasteiger partial charge is 0.324 e. The van der Waals surface area contributed by atoms with Crippen LogP contribution in [0.25, 0.3) is 6.08 Å². The normalized spacial score (nSPS) is 18.3. The van der Waals surface area contributed by atoms with Gasteiger partial charge in [0.15, 0.2) is 0 Å². The number of hydrogen-bond acceptors (Lipinski definition) is 3. The zero-order valence-corrected chi connectivity index (χ0v) is 20.5. The molecule has 3 aromatic rings. The van der Waals surface area contributed by atoms with Crippen LogP contribution in [-0.2, 0) is 20.8 Å². The molecule has 6 heteroatoms. The molecule has 2 atom stereocenters. The molecule has 1 N–H and O–H groups in total. The number of carbonyl (C=O) groups is 3. The van der Waals surface area contributed by atoms with E-state index >= 15 is 0 Å². The first kappa shape index (κ1) is 23.5. The van der Waals surface area contributed by atoms with Crippen LogP contribution in [0.1, 0.15) is 48.1 Å². The van der Waals surface area contributed by atoms with Crippen LogP contribution in [0.4, 0.5) is 11.4 Å². The summed E-state index contributed by atoms with van der Waals surface area (Å²) in [6, 6.07) is 22.1. The van der Waals surface area contributed by atoms with Crippen LogP contribution < -0.4 is 10.2 Å². The number of benzene rings is 3. The Morgan fingerprint density at radius 3 is 2.44 bits per heavy atom. The highest BCUT2D eigenvalue weighted by molar-refractivity contribution is 6.06. The Kier molecular flexibility index (Phi) is 6.42. The maximum atomic E-state index is 14.0. The van der Waals surface area contributed by atoms with E-state index in [-0.39, 0.29) is 24.1 Å². The van der Waals surface area contributed by atoms with E-state index in [9.17, 15) is 14.4 Å². The third-order valence-corrected chi connectivity index (χ3v) is 6.98. The first-order chi connectivity index (χ1) is 17.4. The van der Waals surface area contributed by atoms with Gasteiger partial charge in [0.25, 0.3) is 0 Å². The van der Waals surface area contributed by atoms with Crippen LogP contribution in [0.5, 0.6) is 0 Å². The van der Waals surface area contributed by atoms with Gasteiger partial charge < -0.3 is 10.2 Å². The van der Waals surface area contributed by atoms with Gasteiger partial charge in [-0.15, -0.1) is 0 Å². The van der Waals surface area contributed by atoms with Gasteiger partial charge in [-0.1, -0.05) is 60.2 Å². The Labute approximate surface area is 211 Å². The summed E-state index contributed by atoms with van der Waals surface area (Å²) >= 11 is 0. The molecule has 3 aromatic carbocycles. The fourth-order valence-electron chi connectivity index (χ4n) is 5.14. The Hall–Kier alpha value is -4.19. The second-order valence-electron chi connectivity index (χ2n) is 9.39. The number of nitrogens with one attached hydrogen (secondary N) is 1. The van der Waals surface area contributed by atoms with Gasteiger partial charge in [0.05, 0.1) is 12.5 Å². The number of aryl methyl sites for hydroxylation is 2. The van der Waals surface area contributed by atoms with Crippen molar-refractivity contribution in [2.24, 2.45) is 0 Å². The van der Waals surface area contributed by atoms with Gasteiger partial charge in [0, 0.05) is 24.5 Å². The lowest BCUT2D eigenvalue weighted by molar-refractivity contribution is -0.130. The van der Waals surface area contributed by atoms with E-state index in [2.05, 4.69) is 5.32 Å². The number of nitrogens with zero attached hydrogens (tertiary/aromatic N) is 2. The summed E-state index contributed by atoms with van der Waals surface area (Å²) in [5.41, 5.74) is 5.51. The third-order valence-electron chi connectivity index (χ3n) is 6.98. The van der Waals surface area contributed by atoms with Crippen molar-refractivity contribution in [3.8, 4) is 0 Å². The fraction of sp³-hybridized carbons (Fsp3) is 0.233. The van der Waals surface area contributed by atoms with Crippen molar-refractivity contribution in [3.63, 3.8) is 0 Å². The van der Waals surface area contributed by atoms with Crippen LogP contribution in [0, 0.1) is 6.92 Å². The zero-order valence-electron chi connectivity index (χ0n) is 20.5. The molecule has 0 bridgehead atoms. The quantitative estimate of drug-likeness (QED) is 0.556. The molecule has 0 fully saturated rings. The fourth-order valence-corrected chi connectivity index (χ4v) is 5.14. The minimum Gasteiger partial charge on any atom is -0.324 e. The molecule has 2 aliphatic rings. The highest BCUT2D eigenvalue weighted by Gasteiger charge is 2.38. The van der Waals surface area contributed by atoms with Gasteiger partial charge in [-0.25, -0.2) is 0 Å². The van der Waals surface area contributed by atoms with Crippen molar-refractivity contribution in [2.75, 3.05) is 10.2 Å². The van der Waals surface area contributed by atoms with Crippen molar-refractivity contribution in [2.45, 2.75) is 45.2 Å². The number of rotatable bonds is 4. The van der Waals surface area contributed by atoms with Crippen molar-refractivity contribution in [3.05, 3.63) is 101 Å². The molecule has 0 radical (unpaired) electrons. The molecule has 2 unspecified atom stereocenters. The van der Waals surface area contributed by atoms with Gasteiger partial charge in [-0.05, 0) is 60.7 Å². The number of hydrogen-bond donors (Lipinski definition) is 1. The molecule has 3 amide bonds. The van der Waals surface area contributed by atoms with Gasteiger partial charge >= 0.3 is 0 Å². The third kappa shape index (κ3) is 4.54. The summed E-state index contributed by atoms with van der Waals surface area (Å²) < 4.78 is 0. The second kappa shape index (κ2) is 9.82. The Balaban J connectivity index is 1.47. The molecule has 0 spiro atoms. The average molecular weight is 480 g/mol. The second-order valence-corrected chi connectivity index (χ2v) is 9.39. The Morgan fingerprint density at radius 1 is 0.944 bits per heavy atom. The number of anilines is 2. The minimum absolute atomic E-state index is 0.0730. The first-order valence-corrected chi connectivity index (χ1v) is 12.3. The van der Waals surface area contributed by atoms with Gasteiger partial charge in [-0.3, -0.25) is 19.3 Å². The molecule has 2 heterocycles. The van der Waals surface area contributed by atoms with Crippen molar-refractivity contribution in [1.82, 2.24) is 4.90 Å². The molecule has 0 aliphatic carbocycles. The summed E-state index contributed by atoms with van der Waals surface area (Å²) in [4.78, 5) is 43.2. The van der Waals surface area contributed by atoms with Crippen LogP contribution in [-0.4, -0.2) is 28.7 Å². The molecule has 36 heavy (non-hydrogen) atoms. The molecule has 0 saturated carbocycles. The highest BCUT2D eigenvalue weighted by Crippen LogP contribution is 2.37. The molecular formula is C30H29N3O3. The van der Waals surface area contributed by atoms with Gasteiger partial charge in [-0.2, -0.15) is 0 Å². The topological polar surface area (TPSA) is 69.7 Å². The van der Waals surface area contributed by atoms with E-state index in [0.717, 1.165) is 27.9 Å². The van der Waals surface area contributed by atoms with Crippen molar-refractivity contribution < 1.29 is 14.4 Å². The Bertz CT molecular complexity index is 1350. The number of fused-ring (bicyclic) bond motifs is 2. The number of para-hydroxylation sites is 1. The molecule has 182 valence electrons. The van der Waals surface area contributed by atoms with Crippen LogP contribution in [0.15, 0.2) is 79.0 Å². The molecule has 5 rings (SSSR count). The summed E-state index contributed by atoms with van der Waals surface area (Å²) in [6.45, 7) is 3.50.